The van der Waals surface area contributed by atoms with Crippen LogP contribution in [0.25, 0.3) is 0 Å². The topological polar surface area (TPSA) is 43.0 Å². The van der Waals surface area contributed by atoms with Crippen LogP contribution in [0.1, 0.15) is 54.8 Å². The van der Waals surface area contributed by atoms with E-state index >= 15 is 0 Å². The maximum Gasteiger partial charge on any atom is 0.138 e. The summed E-state index contributed by atoms with van der Waals surface area (Å²) < 4.78 is 7.49. The van der Waals surface area contributed by atoms with E-state index in [1.165, 1.54) is 30.4 Å². The molecular weight excluding hydrogens is 262 g/mol. The predicted molar refractivity (Wildman–Crippen MR) is 83.3 cm³/mol. The fourth-order valence-electron chi connectivity index (χ4n) is 2.94. The second-order valence-electron chi connectivity index (χ2n) is 6.19. The lowest BCUT2D eigenvalue weighted by Crippen LogP contribution is -2.23. The van der Waals surface area contributed by atoms with Crippen LogP contribution >= 0.6 is 0 Å². The van der Waals surface area contributed by atoms with E-state index in [2.05, 4.69) is 40.4 Å². The lowest BCUT2D eigenvalue weighted by atomic mass is 10.1. The van der Waals surface area contributed by atoms with Crippen LogP contribution in [0.15, 0.2) is 23.0 Å². The minimum atomic E-state index is 0.524. The Morgan fingerprint density at radius 3 is 2.86 bits per heavy atom. The molecule has 0 aliphatic heterocycles. The van der Waals surface area contributed by atoms with Crippen LogP contribution in [0.5, 0.6) is 0 Å². The van der Waals surface area contributed by atoms with E-state index in [-0.39, 0.29) is 0 Å². The zero-order chi connectivity index (χ0) is 14.8. The lowest BCUT2D eigenvalue weighted by Gasteiger charge is -2.16. The van der Waals surface area contributed by atoms with Gasteiger partial charge in [-0.25, -0.2) is 0 Å². The molecule has 0 radical (unpaired) electrons. The van der Waals surface area contributed by atoms with Gasteiger partial charge in [0.25, 0.3) is 0 Å². The first-order chi connectivity index (χ1) is 10.2. The fourth-order valence-corrected chi connectivity index (χ4v) is 2.94. The lowest BCUT2D eigenvalue weighted by molar-refractivity contribution is 0.392. The molecule has 0 bridgehead atoms. The smallest absolute Gasteiger partial charge is 0.138 e. The quantitative estimate of drug-likeness (QED) is 0.846. The summed E-state index contributed by atoms with van der Waals surface area (Å²) >= 11 is 0. The van der Waals surface area contributed by atoms with Crippen molar-refractivity contribution in [1.82, 2.24) is 15.0 Å². The molecule has 0 amide bonds. The highest BCUT2D eigenvalue weighted by Gasteiger charge is 2.32. The minimum Gasteiger partial charge on any atom is -0.361 e. The number of hydrogen-bond donors (Lipinski definition) is 1. The third-order valence-electron chi connectivity index (χ3n) is 4.36. The number of aromatic nitrogens is 2. The first-order valence-electron chi connectivity index (χ1n) is 8.00. The van der Waals surface area contributed by atoms with Crippen molar-refractivity contribution in [3.8, 4) is 0 Å². The van der Waals surface area contributed by atoms with Crippen molar-refractivity contribution in [1.29, 1.82) is 0 Å². The van der Waals surface area contributed by atoms with Crippen molar-refractivity contribution in [2.45, 2.75) is 52.6 Å². The molecule has 1 saturated carbocycles. The van der Waals surface area contributed by atoms with Crippen molar-refractivity contribution < 1.29 is 4.52 Å². The maximum atomic E-state index is 5.25. The molecule has 2 aromatic rings. The summed E-state index contributed by atoms with van der Waals surface area (Å²) in [5, 5.41) is 7.73. The number of aryl methyl sites for hydroxylation is 2. The van der Waals surface area contributed by atoms with Crippen molar-refractivity contribution >= 4 is 0 Å². The highest BCUT2D eigenvalue weighted by atomic mass is 16.5. The first-order valence-corrected chi connectivity index (χ1v) is 8.00. The monoisotopic (exact) mass is 287 g/mol. The van der Waals surface area contributed by atoms with Crippen LogP contribution in [0.3, 0.4) is 0 Å². The van der Waals surface area contributed by atoms with E-state index < -0.39 is 0 Å². The van der Waals surface area contributed by atoms with Gasteiger partial charge in [-0.2, -0.15) is 0 Å². The normalized spacial score (nSPS) is 16.3. The summed E-state index contributed by atoms with van der Waals surface area (Å²) in [6, 6.07) is 2.78. The number of rotatable bonds is 7. The Bertz CT molecular complexity index is 575. The first kappa shape index (κ1) is 14.4. The summed E-state index contributed by atoms with van der Waals surface area (Å²) in [5.74, 6) is 1.75. The molecule has 21 heavy (non-hydrogen) atoms. The van der Waals surface area contributed by atoms with Gasteiger partial charge in [0.05, 0.1) is 12.2 Å². The van der Waals surface area contributed by atoms with Crippen LogP contribution in [0, 0.1) is 19.8 Å². The zero-order valence-electron chi connectivity index (χ0n) is 13.2. The van der Waals surface area contributed by atoms with Crippen molar-refractivity contribution in [3.05, 3.63) is 41.0 Å². The van der Waals surface area contributed by atoms with Gasteiger partial charge < -0.3 is 14.4 Å². The molecule has 1 N–H and O–H groups in total. The molecule has 4 heteroatoms. The third-order valence-corrected chi connectivity index (χ3v) is 4.36. The predicted octanol–water partition coefficient (Wildman–Crippen LogP) is 3.59. The summed E-state index contributed by atoms with van der Waals surface area (Å²) in [6.07, 6.45) is 8.34. The van der Waals surface area contributed by atoms with Crippen molar-refractivity contribution in [2.75, 3.05) is 6.54 Å². The summed E-state index contributed by atoms with van der Waals surface area (Å²) in [5.41, 5.74) is 3.60. The molecule has 4 nitrogen and oxygen atoms in total. The van der Waals surface area contributed by atoms with Gasteiger partial charge in [-0.1, -0.05) is 12.1 Å². The molecule has 1 aliphatic carbocycles. The molecule has 114 valence electrons. The molecule has 0 saturated heterocycles. The Labute approximate surface area is 126 Å². The molecular formula is C17H25N3O. The van der Waals surface area contributed by atoms with E-state index in [0.29, 0.717) is 6.04 Å². The number of hydrogen-bond acceptors (Lipinski definition) is 3. The standard InChI is InChI=1S/C17H25N3O/c1-4-8-18-17(14-5-6-14)15-7-9-20(10-15)11-16-12(2)19-21-13(16)3/h7,9-10,14,17-18H,4-6,8,11H2,1-3H3. The molecule has 1 fully saturated rings. The SMILES string of the molecule is CCCNC(c1ccn(Cc2c(C)noc2C)c1)C1CC1. The maximum absolute atomic E-state index is 5.25. The summed E-state index contributed by atoms with van der Waals surface area (Å²) in [6.45, 7) is 8.14. The molecule has 1 aliphatic rings. The van der Waals surface area contributed by atoms with Crippen molar-refractivity contribution in [2.24, 2.45) is 5.92 Å². The zero-order valence-corrected chi connectivity index (χ0v) is 13.2. The number of nitrogens with one attached hydrogen (secondary N) is 1. The minimum absolute atomic E-state index is 0.524. The average molecular weight is 287 g/mol. The van der Waals surface area contributed by atoms with Crippen LogP contribution in [-0.4, -0.2) is 16.3 Å². The largest absolute Gasteiger partial charge is 0.361 e. The molecule has 0 aromatic carbocycles. The van der Waals surface area contributed by atoms with Gasteiger partial charge in [-0.05, 0) is 57.2 Å². The van der Waals surface area contributed by atoms with Crippen LogP contribution in [-0.2, 0) is 6.54 Å². The third kappa shape index (κ3) is 3.21. The molecule has 2 heterocycles. The Balaban J connectivity index is 1.73. The van der Waals surface area contributed by atoms with Crippen LogP contribution in [0.4, 0.5) is 0 Å². The highest BCUT2D eigenvalue weighted by Crippen LogP contribution is 2.41. The molecule has 3 rings (SSSR count). The van der Waals surface area contributed by atoms with Gasteiger partial charge in [0, 0.05) is 24.0 Å². The van der Waals surface area contributed by atoms with Gasteiger partial charge in [0.1, 0.15) is 5.76 Å². The van der Waals surface area contributed by atoms with Gasteiger partial charge in [-0.15, -0.1) is 0 Å². The van der Waals surface area contributed by atoms with Gasteiger partial charge >= 0.3 is 0 Å². The number of nitrogens with zero attached hydrogens (tertiary/aromatic N) is 2. The van der Waals surface area contributed by atoms with E-state index in [4.69, 9.17) is 4.52 Å². The Morgan fingerprint density at radius 2 is 2.24 bits per heavy atom. The molecule has 1 unspecified atom stereocenters. The van der Waals surface area contributed by atoms with Crippen molar-refractivity contribution in [3.63, 3.8) is 0 Å². The Hall–Kier alpha value is -1.55. The summed E-state index contributed by atoms with van der Waals surface area (Å²) in [7, 11) is 0. The summed E-state index contributed by atoms with van der Waals surface area (Å²) in [4.78, 5) is 0. The second-order valence-corrected chi connectivity index (χ2v) is 6.19. The van der Waals surface area contributed by atoms with E-state index in [0.717, 1.165) is 30.5 Å². The Kier molecular flexibility index (Phi) is 4.15. The second kappa shape index (κ2) is 6.06. The molecule has 0 spiro atoms. The van der Waals surface area contributed by atoms with Crippen LogP contribution in [0.2, 0.25) is 0 Å². The molecule has 1 atom stereocenters. The average Bonchev–Trinajstić information content (AvgIpc) is 3.13. The van der Waals surface area contributed by atoms with E-state index in [1.807, 2.05) is 13.8 Å². The van der Waals surface area contributed by atoms with E-state index in [1.54, 1.807) is 0 Å². The van der Waals surface area contributed by atoms with Gasteiger partial charge in [0.2, 0.25) is 0 Å². The fraction of sp³-hybridized carbons (Fsp3) is 0.588. The molecule has 2 aromatic heterocycles. The van der Waals surface area contributed by atoms with Gasteiger partial charge in [0.15, 0.2) is 0 Å². The van der Waals surface area contributed by atoms with Crippen LogP contribution < -0.4 is 5.32 Å². The Morgan fingerprint density at radius 1 is 1.43 bits per heavy atom. The highest BCUT2D eigenvalue weighted by molar-refractivity contribution is 5.24. The van der Waals surface area contributed by atoms with Gasteiger partial charge in [-0.3, -0.25) is 0 Å². The van der Waals surface area contributed by atoms with E-state index in [9.17, 15) is 0 Å².